The maximum absolute atomic E-state index is 12.7. The summed E-state index contributed by atoms with van der Waals surface area (Å²) in [5.74, 6) is -0.456. The summed E-state index contributed by atoms with van der Waals surface area (Å²) in [6.07, 6.45) is 0. The van der Waals surface area contributed by atoms with Crippen molar-refractivity contribution in [2.45, 2.75) is 11.4 Å². The van der Waals surface area contributed by atoms with Crippen LogP contribution in [0.15, 0.2) is 46.7 Å². The lowest BCUT2D eigenvalue weighted by molar-refractivity contribution is 0.581. The molecule has 0 radical (unpaired) electrons. The predicted molar refractivity (Wildman–Crippen MR) is 64.7 cm³/mol. The first-order valence-electron chi connectivity index (χ1n) is 4.85. The molecule has 0 saturated heterocycles. The quantitative estimate of drug-likeness (QED) is 0.928. The molecule has 0 aliphatic rings. The number of sulfonamides is 1. The minimum absolute atomic E-state index is 0.0652. The molecule has 0 atom stereocenters. The largest absolute Gasteiger partial charge is 0.240 e. The Labute approximate surface area is 103 Å². The van der Waals surface area contributed by atoms with Gasteiger partial charge in [-0.1, -0.05) is 6.07 Å². The molecule has 90 valence electrons. The summed E-state index contributed by atoms with van der Waals surface area (Å²) in [7, 11) is -3.56. The molecule has 3 nitrogen and oxygen atoms in total. The second kappa shape index (κ2) is 4.95. The molecule has 0 unspecified atom stereocenters. The van der Waals surface area contributed by atoms with Gasteiger partial charge in [-0.25, -0.2) is 17.5 Å². The van der Waals surface area contributed by atoms with Crippen LogP contribution in [-0.4, -0.2) is 8.42 Å². The molecule has 1 N–H and O–H groups in total. The molecule has 2 aromatic rings. The third-order valence-corrected chi connectivity index (χ3v) is 4.43. The summed E-state index contributed by atoms with van der Waals surface area (Å²) in [5.41, 5.74) is 0. The van der Waals surface area contributed by atoms with Gasteiger partial charge in [0, 0.05) is 11.4 Å². The molecule has 0 aliphatic heterocycles. The van der Waals surface area contributed by atoms with Crippen LogP contribution in [-0.2, 0) is 16.6 Å². The molecule has 0 fully saturated rings. The van der Waals surface area contributed by atoms with Crippen molar-refractivity contribution in [2.24, 2.45) is 0 Å². The summed E-state index contributed by atoms with van der Waals surface area (Å²) < 4.78 is 38.7. The van der Waals surface area contributed by atoms with E-state index in [0.29, 0.717) is 0 Å². The zero-order valence-electron chi connectivity index (χ0n) is 8.76. The molecule has 0 amide bonds. The van der Waals surface area contributed by atoms with E-state index in [4.69, 9.17) is 0 Å². The molecule has 1 aromatic heterocycles. The van der Waals surface area contributed by atoms with E-state index in [9.17, 15) is 12.8 Å². The average molecular weight is 271 g/mol. The van der Waals surface area contributed by atoms with Crippen molar-refractivity contribution in [2.75, 3.05) is 0 Å². The normalized spacial score (nSPS) is 11.6. The van der Waals surface area contributed by atoms with Crippen LogP contribution >= 0.6 is 11.3 Å². The first kappa shape index (κ1) is 12.2. The second-order valence-electron chi connectivity index (χ2n) is 3.36. The Morgan fingerprint density at radius 3 is 2.47 bits per heavy atom. The van der Waals surface area contributed by atoms with Crippen LogP contribution in [0.4, 0.5) is 4.39 Å². The topological polar surface area (TPSA) is 46.2 Å². The Balaban J connectivity index is 2.11. The van der Waals surface area contributed by atoms with E-state index in [1.807, 2.05) is 17.5 Å². The van der Waals surface area contributed by atoms with Gasteiger partial charge in [0.25, 0.3) is 0 Å². The van der Waals surface area contributed by atoms with E-state index in [1.165, 1.54) is 23.5 Å². The maximum atomic E-state index is 12.7. The van der Waals surface area contributed by atoms with Crippen molar-refractivity contribution in [3.63, 3.8) is 0 Å². The average Bonchev–Trinajstić information content (AvgIpc) is 2.80. The highest BCUT2D eigenvalue weighted by atomic mass is 32.2. The Hall–Kier alpha value is -1.24. The number of hydrogen-bond acceptors (Lipinski definition) is 3. The molecule has 1 heterocycles. The fourth-order valence-electron chi connectivity index (χ4n) is 1.28. The Kier molecular flexibility index (Phi) is 3.56. The number of hydrogen-bond donors (Lipinski definition) is 1. The third-order valence-electron chi connectivity index (χ3n) is 2.14. The zero-order valence-corrected chi connectivity index (χ0v) is 10.4. The number of halogens is 1. The highest BCUT2D eigenvalue weighted by molar-refractivity contribution is 7.89. The van der Waals surface area contributed by atoms with Crippen LogP contribution in [0.25, 0.3) is 0 Å². The van der Waals surface area contributed by atoms with Gasteiger partial charge >= 0.3 is 0 Å². The van der Waals surface area contributed by atoms with Crippen molar-refractivity contribution < 1.29 is 12.8 Å². The smallest absolute Gasteiger partial charge is 0.207 e. The number of rotatable bonds is 4. The van der Waals surface area contributed by atoms with Crippen LogP contribution in [0, 0.1) is 5.82 Å². The van der Waals surface area contributed by atoms with Crippen molar-refractivity contribution in [3.05, 3.63) is 52.5 Å². The number of nitrogens with one attached hydrogen (secondary N) is 1. The summed E-state index contributed by atoms with van der Waals surface area (Å²) in [6.45, 7) is 0.247. The van der Waals surface area contributed by atoms with E-state index in [-0.39, 0.29) is 11.4 Å². The van der Waals surface area contributed by atoms with Crippen LogP contribution in [0.1, 0.15) is 4.88 Å². The summed E-state index contributed by atoms with van der Waals surface area (Å²) in [5, 5.41) is 1.88. The Morgan fingerprint density at radius 2 is 1.88 bits per heavy atom. The Morgan fingerprint density at radius 1 is 1.18 bits per heavy atom. The SMILES string of the molecule is O=S(=O)(NCc1cccs1)c1ccc(F)cc1. The number of benzene rings is 1. The van der Waals surface area contributed by atoms with Gasteiger partial charge in [0.15, 0.2) is 0 Å². The third kappa shape index (κ3) is 3.12. The molecular weight excluding hydrogens is 261 g/mol. The summed E-state index contributed by atoms with van der Waals surface area (Å²) >= 11 is 1.47. The number of thiophene rings is 1. The van der Waals surface area contributed by atoms with Crippen molar-refractivity contribution >= 4 is 21.4 Å². The molecule has 0 spiro atoms. The highest BCUT2D eigenvalue weighted by Gasteiger charge is 2.13. The van der Waals surface area contributed by atoms with E-state index in [1.54, 1.807) is 0 Å². The van der Waals surface area contributed by atoms with Gasteiger partial charge in [0.2, 0.25) is 10.0 Å². The van der Waals surface area contributed by atoms with E-state index in [2.05, 4.69) is 4.72 Å². The first-order chi connectivity index (χ1) is 8.08. The monoisotopic (exact) mass is 271 g/mol. The second-order valence-corrected chi connectivity index (χ2v) is 6.16. The van der Waals surface area contributed by atoms with Crippen molar-refractivity contribution in [1.82, 2.24) is 4.72 Å². The predicted octanol–water partition coefficient (Wildman–Crippen LogP) is 2.37. The van der Waals surface area contributed by atoms with E-state index < -0.39 is 15.8 Å². The van der Waals surface area contributed by atoms with Gasteiger partial charge in [-0.3, -0.25) is 0 Å². The lowest BCUT2D eigenvalue weighted by Crippen LogP contribution is -2.22. The highest BCUT2D eigenvalue weighted by Crippen LogP contribution is 2.12. The summed E-state index contributed by atoms with van der Waals surface area (Å²) in [4.78, 5) is 0.992. The van der Waals surface area contributed by atoms with Crippen LogP contribution in [0.3, 0.4) is 0 Å². The minimum atomic E-state index is -3.56. The molecule has 0 aliphatic carbocycles. The molecular formula is C11H10FNO2S2. The molecule has 0 saturated carbocycles. The van der Waals surface area contributed by atoms with Gasteiger partial charge in [-0.05, 0) is 35.7 Å². The molecule has 17 heavy (non-hydrogen) atoms. The Bertz CT molecular complexity index is 576. The van der Waals surface area contributed by atoms with E-state index in [0.717, 1.165) is 17.0 Å². The minimum Gasteiger partial charge on any atom is -0.207 e. The van der Waals surface area contributed by atoms with Gasteiger partial charge in [-0.15, -0.1) is 11.3 Å². The zero-order chi connectivity index (χ0) is 12.3. The first-order valence-corrected chi connectivity index (χ1v) is 7.22. The van der Waals surface area contributed by atoms with Crippen molar-refractivity contribution in [3.8, 4) is 0 Å². The van der Waals surface area contributed by atoms with Gasteiger partial charge < -0.3 is 0 Å². The van der Waals surface area contributed by atoms with Crippen LogP contribution in [0.5, 0.6) is 0 Å². The molecule has 6 heteroatoms. The van der Waals surface area contributed by atoms with E-state index >= 15 is 0 Å². The maximum Gasteiger partial charge on any atom is 0.240 e. The molecule has 0 bridgehead atoms. The fraction of sp³-hybridized carbons (Fsp3) is 0.0909. The lowest BCUT2D eigenvalue weighted by atomic mass is 10.4. The summed E-state index contributed by atoms with van der Waals surface area (Å²) in [6, 6.07) is 8.43. The fourth-order valence-corrected chi connectivity index (χ4v) is 3.02. The van der Waals surface area contributed by atoms with Gasteiger partial charge in [0.05, 0.1) is 4.90 Å². The van der Waals surface area contributed by atoms with Crippen LogP contribution < -0.4 is 4.72 Å². The lowest BCUT2D eigenvalue weighted by Gasteiger charge is -2.05. The van der Waals surface area contributed by atoms with Crippen LogP contribution in [0.2, 0.25) is 0 Å². The van der Waals surface area contributed by atoms with Crippen molar-refractivity contribution in [1.29, 1.82) is 0 Å². The molecule has 2 rings (SSSR count). The molecule has 1 aromatic carbocycles. The standard InChI is InChI=1S/C11H10FNO2S2/c12-9-3-5-11(6-4-9)17(14,15)13-8-10-2-1-7-16-10/h1-7,13H,8H2. The van der Waals surface area contributed by atoms with Gasteiger partial charge in [0.1, 0.15) is 5.82 Å². The van der Waals surface area contributed by atoms with Gasteiger partial charge in [-0.2, -0.15) is 0 Å².